The van der Waals surface area contributed by atoms with Gasteiger partial charge in [-0.15, -0.1) is 0 Å². The standard InChI is InChI=1S/C15H13ClN2O2/c1-11-2-3-12(10-17)15(19)18(11)8-9-20-14-6-4-13(16)5-7-14/h2-7H,8-9H2,1H3. The van der Waals surface area contributed by atoms with E-state index in [2.05, 4.69) is 0 Å². The Kier molecular flexibility index (Phi) is 4.44. The molecule has 0 spiro atoms. The Morgan fingerprint density at radius 2 is 1.95 bits per heavy atom. The molecule has 2 aromatic rings. The van der Waals surface area contributed by atoms with Crippen molar-refractivity contribution in [1.29, 1.82) is 5.26 Å². The van der Waals surface area contributed by atoms with Crippen LogP contribution in [0.4, 0.5) is 0 Å². The first-order valence-corrected chi connectivity index (χ1v) is 6.48. The van der Waals surface area contributed by atoms with Crippen molar-refractivity contribution >= 4 is 11.6 Å². The molecule has 0 aliphatic carbocycles. The maximum Gasteiger partial charge on any atom is 0.268 e. The van der Waals surface area contributed by atoms with Gasteiger partial charge in [0.1, 0.15) is 24.0 Å². The minimum atomic E-state index is -0.285. The van der Waals surface area contributed by atoms with Gasteiger partial charge in [-0.2, -0.15) is 5.26 Å². The van der Waals surface area contributed by atoms with E-state index < -0.39 is 0 Å². The normalized spacial score (nSPS) is 10.1. The van der Waals surface area contributed by atoms with Crippen LogP contribution < -0.4 is 10.3 Å². The summed E-state index contributed by atoms with van der Waals surface area (Å²) >= 11 is 5.78. The van der Waals surface area contributed by atoms with Crippen molar-refractivity contribution in [3.05, 3.63) is 63.0 Å². The third-order valence-electron chi connectivity index (χ3n) is 2.91. The van der Waals surface area contributed by atoms with E-state index in [9.17, 15) is 4.79 Å². The number of nitriles is 1. The van der Waals surface area contributed by atoms with E-state index in [1.165, 1.54) is 10.6 Å². The van der Waals surface area contributed by atoms with Crippen molar-refractivity contribution in [2.75, 3.05) is 6.61 Å². The fraction of sp³-hybridized carbons (Fsp3) is 0.200. The minimum absolute atomic E-state index is 0.141. The highest BCUT2D eigenvalue weighted by Gasteiger charge is 2.05. The number of aromatic nitrogens is 1. The van der Waals surface area contributed by atoms with Crippen LogP contribution in [0.3, 0.4) is 0 Å². The van der Waals surface area contributed by atoms with Crippen LogP contribution in [-0.4, -0.2) is 11.2 Å². The quantitative estimate of drug-likeness (QED) is 0.869. The van der Waals surface area contributed by atoms with Crippen molar-refractivity contribution in [1.82, 2.24) is 4.57 Å². The third-order valence-corrected chi connectivity index (χ3v) is 3.16. The second-order valence-corrected chi connectivity index (χ2v) is 4.70. The Balaban J connectivity index is 2.06. The lowest BCUT2D eigenvalue weighted by Gasteiger charge is -2.11. The van der Waals surface area contributed by atoms with Gasteiger partial charge in [0.25, 0.3) is 5.56 Å². The van der Waals surface area contributed by atoms with Crippen LogP contribution >= 0.6 is 11.6 Å². The molecular formula is C15H13ClN2O2. The molecule has 102 valence electrons. The SMILES string of the molecule is Cc1ccc(C#N)c(=O)n1CCOc1ccc(Cl)cc1. The van der Waals surface area contributed by atoms with Gasteiger partial charge in [0.05, 0.1) is 6.54 Å². The van der Waals surface area contributed by atoms with Crippen molar-refractivity contribution in [3.63, 3.8) is 0 Å². The molecule has 20 heavy (non-hydrogen) atoms. The van der Waals surface area contributed by atoms with Gasteiger partial charge in [0.15, 0.2) is 0 Å². The van der Waals surface area contributed by atoms with Crippen LogP contribution in [0.2, 0.25) is 5.02 Å². The van der Waals surface area contributed by atoms with Gasteiger partial charge >= 0.3 is 0 Å². The third kappa shape index (κ3) is 3.19. The van der Waals surface area contributed by atoms with Crippen LogP contribution in [-0.2, 0) is 6.54 Å². The topological polar surface area (TPSA) is 55.0 Å². The Bertz CT molecular complexity index is 699. The molecule has 0 saturated heterocycles. The molecule has 2 rings (SSSR count). The Morgan fingerprint density at radius 1 is 1.25 bits per heavy atom. The first kappa shape index (κ1) is 14.2. The van der Waals surface area contributed by atoms with E-state index in [4.69, 9.17) is 21.6 Å². The molecule has 1 aromatic heterocycles. The van der Waals surface area contributed by atoms with Crippen molar-refractivity contribution in [3.8, 4) is 11.8 Å². The smallest absolute Gasteiger partial charge is 0.268 e. The monoisotopic (exact) mass is 288 g/mol. The Hall–Kier alpha value is -2.25. The highest BCUT2D eigenvalue weighted by Crippen LogP contribution is 2.15. The molecule has 5 heteroatoms. The summed E-state index contributed by atoms with van der Waals surface area (Å²) in [5, 5.41) is 9.50. The number of hydrogen-bond acceptors (Lipinski definition) is 3. The van der Waals surface area contributed by atoms with E-state index in [0.29, 0.717) is 23.9 Å². The summed E-state index contributed by atoms with van der Waals surface area (Å²) in [6.45, 7) is 2.56. The number of ether oxygens (including phenoxy) is 1. The van der Waals surface area contributed by atoms with Crippen molar-refractivity contribution < 1.29 is 4.74 Å². The van der Waals surface area contributed by atoms with Crippen molar-refractivity contribution in [2.45, 2.75) is 13.5 Å². The molecule has 0 amide bonds. The van der Waals surface area contributed by atoms with E-state index in [0.717, 1.165) is 5.69 Å². The average Bonchev–Trinajstić information content (AvgIpc) is 2.44. The van der Waals surface area contributed by atoms with E-state index in [1.807, 2.05) is 13.0 Å². The number of hydrogen-bond donors (Lipinski definition) is 0. The number of benzene rings is 1. The molecule has 1 aromatic carbocycles. The van der Waals surface area contributed by atoms with Gasteiger partial charge in [0, 0.05) is 10.7 Å². The zero-order chi connectivity index (χ0) is 14.5. The summed E-state index contributed by atoms with van der Waals surface area (Å²) in [7, 11) is 0. The molecule has 0 bridgehead atoms. The zero-order valence-electron chi connectivity index (χ0n) is 11.0. The largest absolute Gasteiger partial charge is 0.492 e. The van der Waals surface area contributed by atoms with Gasteiger partial charge in [-0.25, -0.2) is 0 Å². The number of pyridine rings is 1. The summed E-state index contributed by atoms with van der Waals surface area (Å²) < 4.78 is 7.08. The highest BCUT2D eigenvalue weighted by molar-refractivity contribution is 6.30. The second-order valence-electron chi connectivity index (χ2n) is 4.26. The molecule has 4 nitrogen and oxygen atoms in total. The van der Waals surface area contributed by atoms with Crippen LogP contribution in [0.1, 0.15) is 11.3 Å². The predicted molar refractivity (Wildman–Crippen MR) is 77.1 cm³/mol. The summed E-state index contributed by atoms with van der Waals surface area (Å²) in [6.07, 6.45) is 0. The molecule has 0 radical (unpaired) electrons. The minimum Gasteiger partial charge on any atom is -0.492 e. The lowest BCUT2D eigenvalue weighted by atomic mass is 10.2. The fourth-order valence-corrected chi connectivity index (χ4v) is 1.95. The summed E-state index contributed by atoms with van der Waals surface area (Å²) in [5.41, 5.74) is 0.656. The molecule has 0 saturated carbocycles. The Morgan fingerprint density at radius 3 is 2.60 bits per heavy atom. The molecular weight excluding hydrogens is 276 g/mol. The van der Waals surface area contributed by atoms with E-state index >= 15 is 0 Å². The maximum atomic E-state index is 12.0. The van der Waals surface area contributed by atoms with E-state index in [-0.39, 0.29) is 11.1 Å². The first-order chi connectivity index (χ1) is 9.61. The number of rotatable bonds is 4. The highest BCUT2D eigenvalue weighted by atomic mass is 35.5. The lowest BCUT2D eigenvalue weighted by Crippen LogP contribution is -2.26. The van der Waals surface area contributed by atoms with Crippen LogP contribution in [0.15, 0.2) is 41.2 Å². The lowest BCUT2D eigenvalue weighted by molar-refractivity contribution is 0.295. The second kappa shape index (κ2) is 6.27. The van der Waals surface area contributed by atoms with E-state index in [1.54, 1.807) is 30.3 Å². The predicted octanol–water partition coefficient (Wildman–Crippen LogP) is 2.76. The number of nitrogens with zero attached hydrogens (tertiary/aromatic N) is 2. The van der Waals surface area contributed by atoms with Gasteiger partial charge in [-0.3, -0.25) is 4.79 Å². The van der Waals surface area contributed by atoms with Gasteiger partial charge in [-0.05, 0) is 43.3 Å². The van der Waals surface area contributed by atoms with Gasteiger partial charge in [0.2, 0.25) is 0 Å². The molecule has 0 N–H and O–H groups in total. The molecule has 0 atom stereocenters. The summed E-state index contributed by atoms with van der Waals surface area (Å²) in [4.78, 5) is 12.0. The molecule has 0 fully saturated rings. The molecule has 0 aliphatic rings. The molecule has 0 aliphatic heterocycles. The fourth-order valence-electron chi connectivity index (χ4n) is 1.82. The summed E-state index contributed by atoms with van der Waals surface area (Å²) in [6, 6.07) is 12.2. The molecule has 1 heterocycles. The van der Waals surface area contributed by atoms with Crippen molar-refractivity contribution in [2.24, 2.45) is 0 Å². The van der Waals surface area contributed by atoms with Crippen LogP contribution in [0.25, 0.3) is 0 Å². The van der Waals surface area contributed by atoms with Gasteiger partial charge < -0.3 is 9.30 Å². The Labute approximate surface area is 121 Å². The van der Waals surface area contributed by atoms with Crippen LogP contribution in [0.5, 0.6) is 5.75 Å². The number of halogens is 1. The van der Waals surface area contributed by atoms with Crippen LogP contribution in [0, 0.1) is 18.3 Å². The molecule has 0 unspecified atom stereocenters. The first-order valence-electron chi connectivity index (χ1n) is 6.11. The number of aryl methyl sites for hydroxylation is 1. The average molecular weight is 289 g/mol. The summed E-state index contributed by atoms with van der Waals surface area (Å²) in [5.74, 6) is 0.691. The van der Waals surface area contributed by atoms with Gasteiger partial charge in [-0.1, -0.05) is 11.6 Å². The zero-order valence-corrected chi connectivity index (χ0v) is 11.7. The maximum absolute atomic E-state index is 12.0.